The van der Waals surface area contributed by atoms with Gasteiger partial charge in [-0.05, 0) is 94.5 Å². The van der Waals surface area contributed by atoms with Gasteiger partial charge in [0.2, 0.25) is 17.7 Å². The summed E-state index contributed by atoms with van der Waals surface area (Å²) in [7, 11) is 1.68. The van der Waals surface area contributed by atoms with Gasteiger partial charge < -0.3 is 20.2 Å². The summed E-state index contributed by atoms with van der Waals surface area (Å²) in [4.78, 5) is 71.4. The van der Waals surface area contributed by atoms with E-state index in [2.05, 4.69) is 31.6 Å². The van der Waals surface area contributed by atoms with Crippen LogP contribution in [0.2, 0.25) is 0 Å². The molecule has 6 aromatic rings. The molecule has 1 saturated carbocycles. The first-order chi connectivity index (χ1) is 30.7. The highest BCUT2D eigenvalue weighted by Crippen LogP contribution is 2.36. The third kappa shape index (κ3) is 7.27. The molecule has 1 unspecified atom stereocenters. The first-order valence-electron chi connectivity index (χ1n) is 22.0. The van der Waals surface area contributed by atoms with E-state index >= 15 is 0 Å². The third-order valence-corrected chi connectivity index (χ3v) is 13.8. The van der Waals surface area contributed by atoms with Crippen LogP contribution in [-0.4, -0.2) is 112 Å². The number of carbonyl (C=O) groups excluding carboxylic acids is 4. The molecule has 3 saturated heterocycles. The molecule has 3 N–H and O–H groups in total. The van der Waals surface area contributed by atoms with Crippen molar-refractivity contribution in [1.29, 1.82) is 5.26 Å². The number of imide groups is 1. The first-order valence-corrected chi connectivity index (χ1v) is 22.0. The van der Waals surface area contributed by atoms with Crippen molar-refractivity contribution in [3.05, 3.63) is 88.2 Å². The Hall–Kier alpha value is -6.84. The maximum Gasteiger partial charge on any atom is 0.329 e. The van der Waals surface area contributed by atoms with Gasteiger partial charge in [0, 0.05) is 87.3 Å². The van der Waals surface area contributed by atoms with Crippen LogP contribution >= 0.6 is 0 Å². The zero-order valence-electron chi connectivity index (χ0n) is 36.0. The number of fused-ring (bicyclic) bond motifs is 3. The molecule has 0 radical (unpaired) electrons. The van der Waals surface area contributed by atoms with Gasteiger partial charge >= 0.3 is 5.69 Å². The molecule has 1 atom stereocenters. The highest BCUT2D eigenvalue weighted by molar-refractivity contribution is 6.05. The van der Waals surface area contributed by atoms with E-state index < -0.39 is 23.5 Å². The van der Waals surface area contributed by atoms with Crippen LogP contribution in [0.15, 0.2) is 65.7 Å². The van der Waals surface area contributed by atoms with E-state index in [-0.39, 0.29) is 42.3 Å². The number of aromatic nitrogens is 6. The molecular weight excluding hydrogens is 817 g/mol. The fourth-order valence-corrected chi connectivity index (χ4v) is 10.2. The maximum atomic E-state index is 13.6. The summed E-state index contributed by atoms with van der Waals surface area (Å²) in [6.07, 6.45) is 7.86. The number of carbonyl (C=O) groups is 4. The number of rotatable bonds is 8. The fourth-order valence-electron chi connectivity index (χ4n) is 10.2. The zero-order valence-corrected chi connectivity index (χ0v) is 36.0. The van der Waals surface area contributed by atoms with Gasteiger partial charge in [-0.2, -0.15) is 15.5 Å². The number of aryl methyl sites for hydroxylation is 1. The summed E-state index contributed by atoms with van der Waals surface area (Å²) in [5.41, 5.74) is 3.78. The minimum atomic E-state index is -1.26. The van der Waals surface area contributed by atoms with Crippen molar-refractivity contribution in [1.82, 2.24) is 43.6 Å². The Balaban J connectivity index is 0.730. The van der Waals surface area contributed by atoms with Gasteiger partial charge in [0.05, 0.1) is 51.4 Å². The van der Waals surface area contributed by atoms with Crippen LogP contribution in [0.5, 0.6) is 0 Å². The van der Waals surface area contributed by atoms with Crippen LogP contribution in [0.4, 0.5) is 11.4 Å². The molecular formula is C46H50N12O6. The molecule has 2 aromatic carbocycles. The standard InChI is InChI=1S/C46H50N12O6/c1-46(2,64)34-21-35-28(19-36(34)49-43(61)39-11-9-33-18-27(22-47)23-48-58(33)39)26-56(51-35)31-6-4-30(5-7-31)53-14-16-54(17-15-53)44(62)29-24-55(25-29)32-8-10-37-40(20-32)52(3)45(63)57(37)38-12-13-41(59)50-42(38)60/h8-11,18-21,23,26,29-31,38,64H,4-7,12-17,24-25H2,1-3H3,(H,49,61)(H,50,59,60). The quantitative estimate of drug-likeness (QED) is 0.189. The van der Waals surface area contributed by atoms with E-state index in [9.17, 15) is 34.3 Å². The van der Waals surface area contributed by atoms with Gasteiger partial charge in [0.1, 0.15) is 17.8 Å². The molecule has 4 amide bonds. The van der Waals surface area contributed by atoms with E-state index in [4.69, 9.17) is 5.10 Å². The van der Waals surface area contributed by atoms with Gasteiger partial charge in [0.15, 0.2) is 0 Å². The molecule has 4 aromatic heterocycles. The maximum absolute atomic E-state index is 13.6. The van der Waals surface area contributed by atoms with Gasteiger partial charge in [-0.25, -0.2) is 9.31 Å². The number of amides is 4. The van der Waals surface area contributed by atoms with E-state index in [1.165, 1.54) is 19.8 Å². The number of nitrogens with zero attached hydrogens (tertiary/aromatic N) is 10. The average molecular weight is 867 g/mol. The molecule has 18 nitrogen and oxygen atoms in total. The van der Waals surface area contributed by atoms with Gasteiger partial charge in [-0.1, -0.05) is 0 Å². The van der Waals surface area contributed by atoms with E-state index in [1.54, 1.807) is 39.1 Å². The Labute approximate surface area is 367 Å². The van der Waals surface area contributed by atoms with Crippen LogP contribution < -0.4 is 21.2 Å². The second kappa shape index (κ2) is 15.7. The number of benzene rings is 2. The molecule has 10 rings (SSSR count). The highest BCUT2D eigenvalue weighted by Gasteiger charge is 2.39. The molecule has 1 aliphatic carbocycles. The Morgan fingerprint density at radius 1 is 0.922 bits per heavy atom. The normalized spacial score (nSPS) is 21.3. The molecule has 18 heteroatoms. The Bertz CT molecular complexity index is 2980. The highest BCUT2D eigenvalue weighted by atomic mass is 16.3. The van der Waals surface area contributed by atoms with E-state index in [0.29, 0.717) is 71.3 Å². The molecule has 64 heavy (non-hydrogen) atoms. The molecule has 0 spiro atoms. The fraction of sp³-hybridized carbons (Fsp3) is 0.435. The molecule has 3 aliphatic heterocycles. The minimum Gasteiger partial charge on any atom is -0.386 e. The van der Waals surface area contributed by atoms with Crippen molar-refractivity contribution in [2.75, 3.05) is 49.5 Å². The summed E-state index contributed by atoms with van der Waals surface area (Å²) in [6.45, 7) is 7.63. The Morgan fingerprint density at radius 2 is 1.67 bits per heavy atom. The number of nitriles is 1. The number of nitrogens with one attached hydrogen (secondary N) is 2. The van der Waals surface area contributed by atoms with Crippen molar-refractivity contribution in [3.63, 3.8) is 0 Å². The predicted octanol–water partition coefficient (Wildman–Crippen LogP) is 3.43. The summed E-state index contributed by atoms with van der Waals surface area (Å²) >= 11 is 0. The van der Waals surface area contributed by atoms with Gasteiger partial charge in [-0.3, -0.25) is 43.2 Å². The minimum absolute atomic E-state index is 0.0946. The largest absolute Gasteiger partial charge is 0.386 e. The van der Waals surface area contributed by atoms with Crippen LogP contribution in [0.1, 0.15) is 86.1 Å². The van der Waals surface area contributed by atoms with Crippen molar-refractivity contribution in [3.8, 4) is 6.07 Å². The SMILES string of the molecule is Cn1c(=O)n(C2CCC(=O)NC2=O)c2ccc(N3CC(C(=O)N4CCN(C5CCC(n6cc7cc(NC(=O)c8ccc9cc(C#N)cnn89)c(C(C)(C)O)cc7n6)CC5)CC4)C3)cc21. The first kappa shape index (κ1) is 41.2. The lowest BCUT2D eigenvalue weighted by Gasteiger charge is -2.45. The second-order valence-electron chi connectivity index (χ2n) is 18.3. The number of anilines is 2. The molecule has 0 bridgehead atoms. The van der Waals surface area contributed by atoms with Gasteiger partial charge in [-0.15, -0.1) is 0 Å². The lowest BCUT2D eigenvalue weighted by Crippen LogP contribution is -2.59. The van der Waals surface area contributed by atoms with Gasteiger partial charge in [0.25, 0.3) is 5.91 Å². The topological polar surface area (TPSA) is 208 Å². The number of hydrogen-bond acceptors (Lipinski definition) is 11. The summed E-state index contributed by atoms with van der Waals surface area (Å²) in [5, 5.41) is 35.8. The van der Waals surface area contributed by atoms with Crippen molar-refractivity contribution in [2.24, 2.45) is 13.0 Å². The Morgan fingerprint density at radius 3 is 2.39 bits per heavy atom. The van der Waals surface area contributed by atoms with Crippen molar-refractivity contribution in [2.45, 2.75) is 76.1 Å². The molecule has 4 fully saturated rings. The van der Waals surface area contributed by atoms with Crippen LogP contribution in [0.25, 0.3) is 27.5 Å². The summed E-state index contributed by atoms with van der Waals surface area (Å²) < 4.78 is 6.53. The molecule has 7 heterocycles. The van der Waals surface area contributed by atoms with E-state index in [1.807, 2.05) is 46.1 Å². The lowest BCUT2D eigenvalue weighted by molar-refractivity contribution is -0.139. The Kier molecular flexibility index (Phi) is 10.1. The molecule has 330 valence electrons. The summed E-state index contributed by atoms with van der Waals surface area (Å²) in [6, 6.07) is 16.5. The van der Waals surface area contributed by atoms with Crippen molar-refractivity contribution >= 4 is 62.5 Å². The number of aliphatic hydroxyl groups is 1. The summed E-state index contributed by atoms with van der Waals surface area (Å²) in [5.74, 6) is -1.09. The zero-order chi connectivity index (χ0) is 44.6. The average Bonchev–Trinajstić information content (AvgIpc) is 3.96. The second-order valence-corrected chi connectivity index (χ2v) is 18.3. The number of piperidine rings is 1. The van der Waals surface area contributed by atoms with Crippen LogP contribution in [-0.2, 0) is 27.0 Å². The smallest absolute Gasteiger partial charge is 0.329 e. The van der Waals surface area contributed by atoms with Crippen LogP contribution in [0, 0.1) is 17.2 Å². The number of piperazine rings is 1. The lowest BCUT2D eigenvalue weighted by atomic mass is 9.89. The van der Waals surface area contributed by atoms with Crippen LogP contribution in [0.3, 0.4) is 0 Å². The van der Waals surface area contributed by atoms with E-state index in [0.717, 1.165) is 55.4 Å². The predicted molar refractivity (Wildman–Crippen MR) is 237 cm³/mol. The number of hydrogen-bond donors (Lipinski definition) is 3. The third-order valence-electron chi connectivity index (χ3n) is 13.8. The monoisotopic (exact) mass is 866 g/mol. The number of imidazole rings is 1. The molecule has 4 aliphatic rings. The van der Waals surface area contributed by atoms with Crippen molar-refractivity contribution < 1.29 is 24.3 Å².